The number of ether oxygens (including phenoxy) is 3. The molecule has 0 spiro atoms. The van der Waals surface area contributed by atoms with Gasteiger partial charge in [-0.1, -0.05) is 18.2 Å². The van der Waals surface area contributed by atoms with Gasteiger partial charge >= 0.3 is 0 Å². The standard InChI is InChI=1S/C22H24N2O4/c25-21(13-24-7-9-26-10-8-24)23-17-5-6-20-18(12-17)22-16(14-27-20)11-15-3-1-2-4-19(15)28-22/h1-6,12,16,22H,7-11,13-14H2,(H,23,25)/t16-,22+/m0/s1. The summed E-state index contributed by atoms with van der Waals surface area (Å²) in [5.74, 6) is 2.05. The molecular formula is C22H24N2O4. The van der Waals surface area contributed by atoms with Crippen molar-refractivity contribution in [3.63, 3.8) is 0 Å². The van der Waals surface area contributed by atoms with E-state index in [1.807, 2.05) is 36.4 Å². The van der Waals surface area contributed by atoms with Crippen LogP contribution in [-0.4, -0.2) is 50.3 Å². The quantitative estimate of drug-likeness (QED) is 0.887. The van der Waals surface area contributed by atoms with Crippen LogP contribution in [0, 0.1) is 5.92 Å². The second-order valence-corrected chi connectivity index (χ2v) is 7.61. The van der Waals surface area contributed by atoms with E-state index in [1.165, 1.54) is 5.56 Å². The fourth-order valence-electron chi connectivity index (χ4n) is 4.21. The molecule has 2 atom stereocenters. The largest absolute Gasteiger partial charge is 0.493 e. The second kappa shape index (κ2) is 7.45. The molecule has 6 nitrogen and oxygen atoms in total. The monoisotopic (exact) mass is 380 g/mol. The minimum atomic E-state index is -0.0465. The van der Waals surface area contributed by atoms with E-state index in [9.17, 15) is 4.79 Å². The van der Waals surface area contributed by atoms with Gasteiger partial charge in [0.1, 0.15) is 17.6 Å². The highest BCUT2D eigenvalue weighted by atomic mass is 16.5. The van der Waals surface area contributed by atoms with Crippen LogP contribution in [0.1, 0.15) is 17.2 Å². The van der Waals surface area contributed by atoms with Gasteiger partial charge in [0.25, 0.3) is 0 Å². The van der Waals surface area contributed by atoms with E-state index in [4.69, 9.17) is 14.2 Å². The average Bonchev–Trinajstić information content (AvgIpc) is 2.73. The number of nitrogens with zero attached hydrogens (tertiary/aromatic N) is 1. The van der Waals surface area contributed by atoms with Crippen LogP contribution in [-0.2, 0) is 16.0 Å². The summed E-state index contributed by atoms with van der Waals surface area (Å²) in [5, 5.41) is 3.02. The van der Waals surface area contributed by atoms with Gasteiger partial charge in [0.2, 0.25) is 5.91 Å². The molecule has 0 aromatic heterocycles. The van der Waals surface area contributed by atoms with Crippen molar-refractivity contribution in [3.8, 4) is 11.5 Å². The van der Waals surface area contributed by atoms with Crippen molar-refractivity contribution in [2.24, 2.45) is 5.92 Å². The highest BCUT2D eigenvalue weighted by molar-refractivity contribution is 5.92. The molecule has 1 N–H and O–H groups in total. The van der Waals surface area contributed by atoms with Crippen molar-refractivity contribution in [2.45, 2.75) is 12.5 Å². The summed E-state index contributed by atoms with van der Waals surface area (Å²) in [6.45, 7) is 3.99. The number of benzene rings is 2. The SMILES string of the molecule is O=C(CN1CCOCC1)Nc1ccc2c(c1)[C@@H]1Oc3ccccc3C[C@H]1CO2. The van der Waals surface area contributed by atoms with Crippen LogP contribution in [0.25, 0.3) is 0 Å². The molecule has 5 rings (SSSR count). The molecule has 146 valence electrons. The molecule has 2 aromatic carbocycles. The van der Waals surface area contributed by atoms with E-state index < -0.39 is 0 Å². The molecule has 28 heavy (non-hydrogen) atoms. The lowest BCUT2D eigenvalue weighted by atomic mass is 9.85. The highest BCUT2D eigenvalue weighted by Gasteiger charge is 2.37. The van der Waals surface area contributed by atoms with Crippen molar-refractivity contribution < 1.29 is 19.0 Å². The molecule has 0 unspecified atom stereocenters. The third kappa shape index (κ3) is 3.45. The molecule has 3 aliphatic rings. The molecule has 1 saturated heterocycles. The first-order valence-corrected chi connectivity index (χ1v) is 9.87. The van der Waals surface area contributed by atoms with Gasteiger partial charge in [0.05, 0.1) is 26.4 Å². The second-order valence-electron chi connectivity index (χ2n) is 7.61. The Kier molecular flexibility index (Phi) is 4.66. The highest BCUT2D eigenvalue weighted by Crippen LogP contribution is 2.45. The predicted octanol–water partition coefficient (Wildman–Crippen LogP) is 2.64. The summed E-state index contributed by atoms with van der Waals surface area (Å²) in [5.41, 5.74) is 3.02. The summed E-state index contributed by atoms with van der Waals surface area (Å²) in [7, 11) is 0. The number of rotatable bonds is 3. The summed E-state index contributed by atoms with van der Waals surface area (Å²) in [4.78, 5) is 14.5. The smallest absolute Gasteiger partial charge is 0.238 e. The lowest BCUT2D eigenvalue weighted by Crippen LogP contribution is -2.41. The molecule has 0 saturated carbocycles. The third-order valence-electron chi connectivity index (χ3n) is 5.66. The van der Waals surface area contributed by atoms with E-state index >= 15 is 0 Å². The number of hydrogen-bond donors (Lipinski definition) is 1. The van der Waals surface area contributed by atoms with Gasteiger partial charge in [-0.2, -0.15) is 0 Å². The number of para-hydroxylation sites is 1. The molecule has 0 aliphatic carbocycles. The molecule has 3 aliphatic heterocycles. The first-order chi connectivity index (χ1) is 13.8. The van der Waals surface area contributed by atoms with Crippen LogP contribution >= 0.6 is 0 Å². The number of hydrogen-bond acceptors (Lipinski definition) is 5. The molecule has 6 heteroatoms. The van der Waals surface area contributed by atoms with Crippen LogP contribution in [0.5, 0.6) is 11.5 Å². The maximum atomic E-state index is 12.4. The first kappa shape index (κ1) is 17.5. The number of fused-ring (bicyclic) bond motifs is 4. The molecule has 0 bridgehead atoms. The third-order valence-corrected chi connectivity index (χ3v) is 5.66. The number of morpholine rings is 1. The molecule has 1 fully saturated rings. The van der Waals surface area contributed by atoms with Crippen LogP contribution in [0.3, 0.4) is 0 Å². The minimum Gasteiger partial charge on any atom is -0.493 e. The summed E-state index contributed by atoms with van der Waals surface area (Å²) < 4.78 is 17.6. The summed E-state index contributed by atoms with van der Waals surface area (Å²) >= 11 is 0. The van der Waals surface area contributed by atoms with Crippen LogP contribution in [0.4, 0.5) is 5.69 Å². The Hall–Kier alpha value is -2.57. The van der Waals surface area contributed by atoms with Gasteiger partial charge in [0.15, 0.2) is 0 Å². The van der Waals surface area contributed by atoms with Crippen molar-refractivity contribution in [1.29, 1.82) is 0 Å². The molecule has 0 radical (unpaired) electrons. The van der Waals surface area contributed by atoms with Crippen molar-refractivity contribution >= 4 is 11.6 Å². The summed E-state index contributed by atoms with van der Waals surface area (Å²) in [6.07, 6.45) is 0.892. The Bertz CT molecular complexity index is 879. The molecule has 2 aromatic rings. The van der Waals surface area contributed by atoms with Gasteiger partial charge in [-0.05, 0) is 36.2 Å². The van der Waals surface area contributed by atoms with E-state index in [0.29, 0.717) is 26.4 Å². The normalized spacial score (nSPS) is 23.4. The Morgan fingerprint density at radius 2 is 1.96 bits per heavy atom. The zero-order chi connectivity index (χ0) is 18.9. The van der Waals surface area contributed by atoms with E-state index in [0.717, 1.165) is 42.3 Å². The zero-order valence-electron chi connectivity index (χ0n) is 15.7. The summed E-state index contributed by atoms with van der Waals surface area (Å²) in [6, 6.07) is 14.0. The number of nitrogens with one attached hydrogen (secondary N) is 1. The Labute approximate surface area is 164 Å². The van der Waals surface area contributed by atoms with Gasteiger partial charge in [-0.25, -0.2) is 0 Å². The molecule has 3 heterocycles. The number of carbonyl (C=O) groups excluding carboxylic acids is 1. The van der Waals surface area contributed by atoms with E-state index in [-0.39, 0.29) is 17.9 Å². The maximum Gasteiger partial charge on any atom is 0.238 e. The van der Waals surface area contributed by atoms with Crippen LogP contribution in [0.2, 0.25) is 0 Å². The Morgan fingerprint density at radius 3 is 2.86 bits per heavy atom. The molecular weight excluding hydrogens is 356 g/mol. The van der Waals surface area contributed by atoms with Gasteiger partial charge in [-0.15, -0.1) is 0 Å². The van der Waals surface area contributed by atoms with Crippen molar-refractivity contribution in [3.05, 3.63) is 53.6 Å². The first-order valence-electron chi connectivity index (χ1n) is 9.87. The number of carbonyl (C=O) groups is 1. The van der Waals surface area contributed by atoms with Gasteiger partial charge < -0.3 is 19.5 Å². The van der Waals surface area contributed by atoms with E-state index in [2.05, 4.69) is 16.3 Å². The fourth-order valence-corrected chi connectivity index (χ4v) is 4.21. The number of amides is 1. The Morgan fingerprint density at radius 1 is 1.11 bits per heavy atom. The van der Waals surface area contributed by atoms with Crippen molar-refractivity contribution in [2.75, 3.05) is 44.8 Å². The van der Waals surface area contributed by atoms with Crippen LogP contribution in [0.15, 0.2) is 42.5 Å². The van der Waals surface area contributed by atoms with Gasteiger partial charge in [-0.3, -0.25) is 9.69 Å². The fraction of sp³-hybridized carbons (Fsp3) is 0.409. The molecule has 1 amide bonds. The Balaban J connectivity index is 1.33. The van der Waals surface area contributed by atoms with Crippen LogP contribution < -0.4 is 14.8 Å². The van der Waals surface area contributed by atoms with Crippen molar-refractivity contribution in [1.82, 2.24) is 4.90 Å². The van der Waals surface area contributed by atoms with E-state index in [1.54, 1.807) is 0 Å². The minimum absolute atomic E-state index is 0.00923. The lowest BCUT2D eigenvalue weighted by molar-refractivity contribution is -0.118. The van der Waals surface area contributed by atoms with Gasteiger partial charge in [0, 0.05) is 30.3 Å². The topological polar surface area (TPSA) is 60.0 Å². The maximum absolute atomic E-state index is 12.4. The number of anilines is 1. The average molecular weight is 380 g/mol. The predicted molar refractivity (Wildman–Crippen MR) is 105 cm³/mol. The zero-order valence-corrected chi connectivity index (χ0v) is 15.7. The lowest BCUT2D eigenvalue weighted by Gasteiger charge is -2.38.